The van der Waals surface area contributed by atoms with Crippen LogP contribution in [0.2, 0.25) is 0 Å². The highest BCUT2D eigenvalue weighted by Gasteiger charge is 2.38. The molecule has 11 heteroatoms. The second-order valence-corrected chi connectivity index (χ2v) is 8.37. The minimum absolute atomic E-state index is 0.0510. The first-order valence-corrected chi connectivity index (χ1v) is 10.8. The number of carbonyl (C=O) groups excluding carboxylic acids is 1. The highest BCUT2D eigenvalue weighted by atomic mass is 32.1. The van der Waals surface area contributed by atoms with Gasteiger partial charge in [0, 0.05) is 19.0 Å². The lowest BCUT2D eigenvalue weighted by molar-refractivity contribution is -0.192. The summed E-state index contributed by atoms with van der Waals surface area (Å²) < 4.78 is 38.7. The van der Waals surface area contributed by atoms with Crippen LogP contribution in [0.25, 0.3) is 21.0 Å². The number of nitrogens with zero attached hydrogens (tertiary/aromatic N) is 2. The van der Waals surface area contributed by atoms with Gasteiger partial charge in [-0.25, -0.2) is 9.78 Å². The first-order chi connectivity index (χ1) is 15.6. The Morgan fingerprint density at radius 1 is 1.24 bits per heavy atom. The van der Waals surface area contributed by atoms with Crippen LogP contribution in [0.3, 0.4) is 0 Å². The van der Waals surface area contributed by atoms with Gasteiger partial charge < -0.3 is 14.8 Å². The Hall–Kier alpha value is -3.18. The van der Waals surface area contributed by atoms with E-state index < -0.39 is 12.1 Å². The number of benzene rings is 1. The zero-order valence-electron chi connectivity index (χ0n) is 17.6. The van der Waals surface area contributed by atoms with E-state index in [1.165, 1.54) is 0 Å². The number of nitrogens with one attached hydrogen (secondary N) is 1. The summed E-state index contributed by atoms with van der Waals surface area (Å²) in [6.45, 7) is 1.30. The Bertz CT molecular complexity index is 1110. The number of hydrogen-bond donors (Lipinski definition) is 2. The van der Waals surface area contributed by atoms with Gasteiger partial charge in [0.2, 0.25) is 5.91 Å². The van der Waals surface area contributed by atoms with Crippen molar-refractivity contribution in [1.82, 2.24) is 15.2 Å². The largest absolute Gasteiger partial charge is 0.490 e. The van der Waals surface area contributed by atoms with Gasteiger partial charge >= 0.3 is 12.1 Å². The number of hydrogen-bond acceptors (Lipinski definition) is 6. The molecule has 1 aromatic carbocycles. The van der Waals surface area contributed by atoms with Crippen molar-refractivity contribution in [3.8, 4) is 10.8 Å². The minimum atomic E-state index is -5.08. The molecule has 2 aromatic heterocycles. The molecule has 1 amide bonds. The minimum Gasteiger partial charge on any atom is -0.475 e. The molecule has 0 fully saturated rings. The number of carboxylic acids is 1. The van der Waals surface area contributed by atoms with Gasteiger partial charge in [-0.2, -0.15) is 13.2 Å². The van der Waals surface area contributed by atoms with Crippen LogP contribution in [0.5, 0.6) is 0 Å². The fourth-order valence-electron chi connectivity index (χ4n) is 3.10. The molecule has 0 saturated heterocycles. The van der Waals surface area contributed by atoms with Crippen molar-refractivity contribution in [1.29, 1.82) is 0 Å². The van der Waals surface area contributed by atoms with E-state index in [2.05, 4.69) is 40.5 Å². The normalized spacial score (nSPS) is 16.3. The molecule has 1 unspecified atom stereocenters. The third kappa shape index (κ3) is 6.90. The highest BCUT2D eigenvalue weighted by molar-refractivity contribution is 7.21. The number of likely N-dealkylation sites (N-methyl/N-ethyl adjacent to an activating group) is 1. The van der Waals surface area contributed by atoms with Crippen LogP contribution in [0, 0.1) is 0 Å². The van der Waals surface area contributed by atoms with Crippen LogP contribution in [0.4, 0.5) is 13.2 Å². The molecular formula is C22H22F3N3O4S. The first-order valence-electron chi connectivity index (χ1n) is 10.00. The van der Waals surface area contributed by atoms with E-state index in [0.717, 1.165) is 39.7 Å². The number of aliphatic carboxylic acids is 1. The molecule has 3 aromatic rings. The zero-order valence-corrected chi connectivity index (χ0v) is 18.4. The summed E-state index contributed by atoms with van der Waals surface area (Å²) in [6, 6.07) is 12.1. The summed E-state index contributed by atoms with van der Waals surface area (Å²) in [5, 5.41) is 10.9. The Morgan fingerprint density at radius 3 is 2.64 bits per heavy atom. The maximum atomic E-state index is 12.2. The van der Waals surface area contributed by atoms with Gasteiger partial charge in [0.05, 0.1) is 16.8 Å². The number of halogens is 3. The average molecular weight is 481 g/mol. The number of para-hydroxylation sites is 1. The fourth-order valence-corrected chi connectivity index (χ4v) is 4.03. The van der Waals surface area contributed by atoms with Gasteiger partial charge in [0.15, 0.2) is 10.8 Å². The average Bonchev–Trinajstić information content (AvgIpc) is 3.40. The maximum Gasteiger partial charge on any atom is 0.490 e. The van der Waals surface area contributed by atoms with Gasteiger partial charge in [-0.3, -0.25) is 9.69 Å². The van der Waals surface area contributed by atoms with Crippen LogP contribution in [-0.2, 0) is 16.1 Å². The van der Waals surface area contributed by atoms with E-state index in [0.29, 0.717) is 13.0 Å². The van der Waals surface area contributed by atoms with Gasteiger partial charge in [-0.05, 0) is 37.7 Å². The Labute approximate surface area is 191 Å². The number of amides is 1. The number of aromatic nitrogens is 1. The number of furan rings is 1. The maximum absolute atomic E-state index is 12.2. The van der Waals surface area contributed by atoms with Crippen molar-refractivity contribution >= 4 is 33.4 Å². The molecule has 33 heavy (non-hydrogen) atoms. The van der Waals surface area contributed by atoms with Crippen LogP contribution in [0.15, 0.2) is 53.0 Å². The lowest BCUT2D eigenvalue weighted by Crippen LogP contribution is -2.38. The quantitative estimate of drug-likeness (QED) is 0.523. The molecular weight excluding hydrogens is 459 g/mol. The SMILES string of the molecule is CN1CC=CCC1CC(=O)NCc1ccc(-c2nc3ccccc3s2)o1.O=C(O)C(F)(F)F. The van der Waals surface area contributed by atoms with Crippen LogP contribution in [0.1, 0.15) is 18.6 Å². The summed E-state index contributed by atoms with van der Waals surface area (Å²) in [5.74, 6) is -1.22. The van der Waals surface area contributed by atoms with Crippen LogP contribution >= 0.6 is 11.3 Å². The molecule has 176 valence electrons. The van der Waals surface area contributed by atoms with Gasteiger partial charge in [-0.1, -0.05) is 24.3 Å². The molecule has 0 radical (unpaired) electrons. The Balaban J connectivity index is 0.000000383. The Morgan fingerprint density at radius 2 is 1.97 bits per heavy atom. The smallest absolute Gasteiger partial charge is 0.475 e. The summed E-state index contributed by atoms with van der Waals surface area (Å²) in [6.07, 6.45) is 0.633. The molecule has 7 nitrogen and oxygen atoms in total. The Kier molecular flexibility index (Phi) is 7.88. The number of fused-ring (bicyclic) bond motifs is 1. The number of carbonyl (C=O) groups is 2. The molecule has 4 rings (SSSR count). The third-order valence-electron chi connectivity index (χ3n) is 4.88. The second kappa shape index (κ2) is 10.6. The van der Waals surface area contributed by atoms with Gasteiger partial charge in [-0.15, -0.1) is 11.3 Å². The predicted octanol–water partition coefficient (Wildman–Crippen LogP) is 4.46. The standard InChI is InChI=1S/C20H21N3O2S.C2HF3O2/c1-23-11-5-4-6-14(23)12-19(24)21-13-15-9-10-17(25-15)20-22-16-7-2-3-8-18(16)26-20;3-2(4,5)1(6)7/h2-5,7-10,14H,6,11-13H2,1H3,(H,21,24);(H,6,7). The topological polar surface area (TPSA) is 95.7 Å². The predicted molar refractivity (Wildman–Crippen MR) is 118 cm³/mol. The molecule has 0 saturated carbocycles. The molecule has 1 atom stereocenters. The van der Waals surface area contributed by atoms with Crippen molar-refractivity contribution in [2.75, 3.05) is 13.6 Å². The van der Waals surface area contributed by atoms with Crippen molar-refractivity contribution in [2.45, 2.75) is 31.6 Å². The van der Waals surface area contributed by atoms with Gasteiger partial charge in [0.1, 0.15) is 5.76 Å². The number of alkyl halides is 3. The molecule has 1 aliphatic heterocycles. The lowest BCUT2D eigenvalue weighted by Gasteiger charge is -2.28. The van der Waals surface area contributed by atoms with Crippen molar-refractivity contribution in [2.24, 2.45) is 0 Å². The lowest BCUT2D eigenvalue weighted by atomic mass is 10.1. The number of thiazole rings is 1. The highest BCUT2D eigenvalue weighted by Crippen LogP contribution is 2.31. The zero-order chi connectivity index (χ0) is 24.0. The summed E-state index contributed by atoms with van der Waals surface area (Å²) >= 11 is 1.61. The van der Waals surface area contributed by atoms with Crippen LogP contribution in [-0.4, -0.2) is 52.7 Å². The molecule has 0 aliphatic carbocycles. The van der Waals surface area contributed by atoms with Crippen molar-refractivity contribution in [3.05, 3.63) is 54.3 Å². The number of rotatable bonds is 5. The second-order valence-electron chi connectivity index (χ2n) is 7.34. The van der Waals surface area contributed by atoms with E-state index in [1.807, 2.05) is 30.3 Å². The molecule has 3 heterocycles. The van der Waals surface area contributed by atoms with Crippen molar-refractivity contribution < 1.29 is 32.3 Å². The van der Waals surface area contributed by atoms with Crippen molar-refractivity contribution in [3.63, 3.8) is 0 Å². The monoisotopic (exact) mass is 481 g/mol. The summed E-state index contributed by atoms with van der Waals surface area (Å²) in [7, 11) is 2.05. The fraction of sp³-hybridized carbons (Fsp3) is 0.318. The third-order valence-corrected chi connectivity index (χ3v) is 5.93. The van der Waals surface area contributed by atoms with Gasteiger partial charge in [0.25, 0.3) is 0 Å². The van der Waals surface area contributed by atoms with E-state index in [9.17, 15) is 18.0 Å². The van der Waals surface area contributed by atoms with E-state index in [1.54, 1.807) is 11.3 Å². The molecule has 0 bridgehead atoms. The summed E-state index contributed by atoms with van der Waals surface area (Å²) in [5.41, 5.74) is 0.976. The summed E-state index contributed by atoms with van der Waals surface area (Å²) in [4.78, 5) is 27.9. The molecule has 1 aliphatic rings. The molecule has 0 spiro atoms. The van der Waals surface area contributed by atoms with Crippen LogP contribution < -0.4 is 5.32 Å². The van der Waals surface area contributed by atoms with E-state index in [4.69, 9.17) is 14.3 Å². The van der Waals surface area contributed by atoms with E-state index in [-0.39, 0.29) is 11.9 Å². The molecule has 2 N–H and O–H groups in total. The first kappa shape index (κ1) is 24.5. The number of carboxylic acid groups (broad SMARTS) is 1. The van der Waals surface area contributed by atoms with E-state index >= 15 is 0 Å².